The second kappa shape index (κ2) is 6.79. The van der Waals surface area contributed by atoms with Gasteiger partial charge in [-0.3, -0.25) is 0 Å². The van der Waals surface area contributed by atoms with Crippen molar-refractivity contribution in [3.8, 4) is 16.9 Å². The van der Waals surface area contributed by atoms with Crippen LogP contribution in [0.3, 0.4) is 0 Å². The standard InChI is InChI=1S/C16H16ClF2N5O/c1-8(2)6-20-15-13(14(17)23-16-21-7-22-24(15)16)9-4-11(19)12(25-3)5-10(9)18/h4-5,7-8,20H,6H2,1-3H3. The van der Waals surface area contributed by atoms with Gasteiger partial charge in [-0.05, 0) is 12.0 Å². The number of methoxy groups -OCH3 is 1. The van der Waals surface area contributed by atoms with Gasteiger partial charge in [-0.15, -0.1) is 0 Å². The number of rotatable bonds is 5. The van der Waals surface area contributed by atoms with E-state index in [1.165, 1.54) is 18.0 Å². The SMILES string of the molecule is COc1cc(F)c(-c2c(Cl)nc3ncnn3c2NCC(C)C)cc1F. The molecular formula is C16H16ClF2N5O. The van der Waals surface area contributed by atoms with E-state index in [9.17, 15) is 8.78 Å². The van der Waals surface area contributed by atoms with Crippen molar-refractivity contribution in [2.24, 2.45) is 5.92 Å². The van der Waals surface area contributed by atoms with E-state index in [0.717, 1.165) is 12.1 Å². The molecule has 0 spiro atoms. The van der Waals surface area contributed by atoms with Gasteiger partial charge in [-0.1, -0.05) is 25.4 Å². The Balaban J connectivity index is 2.26. The van der Waals surface area contributed by atoms with E-state index in [2.05, 4.69) is 20.4 Å². The zero-order chi connectivity index (χ0) is 18.1. The first kappa shape index (κ1) is 17.3. The number of nitrogens with zero attached hydrogens (tertiary/aromatic N) is 4. The average Bonchev–Trinajstić information content (AvgIpc) is 3.02. The molecule has 0 fully saturated rings. The largest absolute Gasteiger partial charge is 0.494 e. The molecule has 25 heavy (non-hydrogen) atoms. The maximum absolute atomic E-state index is 14.6. The van der Waals surface area contributed by atoms with Crippen molar-refractivity contribution >= 4 is 23.2 Å². The number of anilines is 1. The van der Waals surface area contributed by atoms with Crippen molar-refractivity contribution in [1.82, 2.24) is 19.6 Å². The molecule has 0 amide bonds. The summed E-state index contributed by atoms with van der Waals surface area (Å²) < 4.78 is 34.9. The van der Waals surface area contributed by atoms with Crippen LogP contribution in [0.4, 0.5) is 14.6 Å². The van der Waals surface area contributed by atoms with Crippen molar-refractivity contribution in [1.29, 1.82) is 0 Å². The third kappa shape index (κ3) is 3.21. The number of nitrogens with one attached hydrogen (secondary N) is 1. The average molecular weight is 368 g/mol. The smallest absolute Gasteiger partial charge is 0.255 e. The van der Waals surface area contributed by atoms with Crippen LogP contribution in [0.1, 0.15) is 13.8 Å². The minimum Gasteiger partial charge on any atom is -0.494 e. The van der Waals surface area contributed by atoms with Gasteiger partial charge in [0, 0.05) is 18.2 Å². The normalized spacial score (nSPS) is 11.3. The molecule has 0 unspecified atom stereocenters. The van der Waals surface area contributed by atoms with Crippen molar-refractivity contribution < 1.29 is 13.5 Å². The molecule has 0 atom stereocenters. The molecule has 0 aliphatic carbocycles. The van der Waals surface area contributed by atoms with Gasteiger partial charge in [0.1, 0.15) is 23.1 Å². The lowest BCUT2D eigenvalue weighted by molar-refractivity contribution is 0.383. The summed E-state index contributed by atoms with van der Waals surface area (Å²) in [5, 5.41) is 7.26. The third-order valence-electron chi connectivity index (χ3n) is 3.57. The van der Waals surface area contributed by atoms with Crippen LogP contribution in [-0.2, 0) is 0 Å². The van der Waals surface area contributed by atoms with Gasteiger partial charge in [0.25, 0.3) is 5.78 Å². The van der Waals surface area contributed by atoms with Gasteiger partial charge in [-0.2, -0.15) is 19.6 Å². The number of hydrogen-bond acceptors (Lipinski definition) is 5. The zero-order valence-corrected chi connectivity index (χ0v) is 14.6. The Bertz CT molecular complexity index is 929. The highest BCUT2D eigenvalue weighted by molar-refractivity contribution is 6.33. The van der Waals surface area contributed by atoms with Crippen LogP contribution in [0.5, 0.6) is 5.75 Å². The topological polar surface area (TPSA) is 64.3 Å². The summed E-state index contributed by atoms with van der Waals surface area (Å²) in [5.41, 5.74) is 0.166. The molecule has 0 aliphatic rings. The van der Waals surface area contributed by atoms with Crippen LogP contribution in [0.25, 0.3) is 16.9 Å². The van der Waals surface area contributed by atoms with Crippen LogP contribution in [-0.4, -0.2) is 33.2 Å². The zero-order valence-electron chi connectivity index (χ0n) is 13.8. The quantitative estimate of drug-likeness (QED) is 0.695. The number of aromatic nitrogens is 4. The first-order valence-corrected chi connectivity index (χ1v) is 7.96. The van der Waals surface area contributed by atoms with Crippen LogP contribution in [0.15, 0.2) is 18.5 Å². The van der Waals surface area contributed by atoms with E-state index >= 15 is 0 Å². The summed E-state index contributed by atoms with van der Waals surface area (Å²) in [5.74, 6) is -0.629. The summed E-state index contributed by atoms with van der Waals surface area (Å²) >= 11 is 6.26. The van der Waals surface area contributed by atoms with Crippen LogP contribution >= 0.6 is 11.6 Å². The van der Waals surface area contributed by atoms with Gasteiger partial charge in [0.15, 0.2) is 11.6 Å². The number of halogens is 3. The highest BCUT2D eigenvalue weighted by Crippen LogP contribution is 2.37. The summed E-state index contributed by atoms with van der Waals surface area (Å²) in [6.07, 6.45) is 1.31. The Labute approximate surface area is 147 Å². The Morgan fingerprint density at radius 1 is 1.28 bits per heavy atom. The minimum atomic E-state index is -0.705. The Morgan fingerprint density at radius 2 is 2.04 bits per heavy atom. The highest BCUT2D eigenvalue weighted by Gasteiger charge is 2.22. The summed E-state index contributed by atoms with van der Waals surface area (Å²) in [4.78, 5) is 8.11. The lowest BCUT2D eigenvalue weighted by Crippen LogP contribution is -2.14. The van der Waals surface area contributed by atoms with Crippen LogP contribution < -0.4 is 10.1 Å². The van der Waals surface area contributed by atoms with Gasteiger partial charge in [-0.25, -0.2) is 8.78 Å². The molecule has 0 aliphatic heterocycles. The molecular weight excluding hydrogens is 352 g/mol. The monoisotopic (exact) mass is 367 g/mol. The van der Waals surface area contributed by atoms with E-state index in [1.807, 2.05) is 13.8 Å². The molecule has 0 saturated carbocycles. The van der Waals surface area contributed by atoms with Crippen molar-refractivity contribution in [3.05, 3.63) is 35.2 Å². The van der Waals surface area contributed by atoms with Crippen molar-refractivity contribution in [3.63, 3.8) is 0 Å². The Hall–Kier alpha value is -2.48. The highest BCUT2D eigenvalue weighted by atomic mass is 35.5. The Kier molecular flexibility index (Phi) is 4.71. The molecule has 1 N–H and O–H groups in total. The molecule has 6 nitrogen and oxygen atoms in total. The molecule has 9 heteroatoms. The Morgan fingerprint density at radius 3 is 2.72 bits per heavy atom. The summed E-state index contributed by atoms with van der Waals surface area (Å²) in [6, 6.07) is 2.00. The predicted molar refractivity (Wildman–Crippen MR) is 91.0 cm³/mol. The van der Waals surface area contributed by atoms with Gasteiger partial charge in [0.2, 0.25) is 0 Å². The second-order valence-electron chi connectivity index (χ2n) is 5.84. The molecule has 2 aromatic heterocycles. The lowest BCUT2D eigenvalue weighted by Gasteiger charge is -2.16. The van der Waals surface area contributed by atoms with E-state index < -0.39 is 11.6 Å². The maximum Gasteiger partial charge on any atom is 0.255 e. The molecule has 0 saturated heterocycles. The first-order chi connectivity index (χ1) is 11.9. The van der Waals surface area contributed by atoms with Gasteiger partial charge in [0.05, 0.1) is 12.7 Å². The fraction of sp³-hybridized carbons (Fsp3) is 0.312. The molecule has 3 aromatic rings. The number of fused-ring (bicyclic) bond motifs is 1. The third-order valence-corrected chi connectivity index (χ3v) is 3.84. The van der Waals surface area contributed by atoms with Crippen molar-refractivity contribution in [2.75, 3.05) is 19.0 Å². The van der Waals surface area contributed by atoms with Crippen LogP contribution in [0, 0.1) is 17.6 Å². The molecule has 132 valence electrons. The molecule has 0 radical (unpaired) electrons. The number of hydrogen-bond donors (Lipinski definition) is 1. The molecule has 3 rings (SSSR count). The van der Waals surface area contributed by atoms with E-state index in [-0.39, 0.29) is 27.8 Å². The number of benzene rings is 1. The first-order valence-electron chi connectivity index (χ1n) is 7.58. The fourth-order valence-electron chi connectivity index (χ4n) is 2.40. The molecule has 0 bridgehead atoms. The van der Waals surface area contributed by atoms with Crippen LogP contribution in [0.2, 0.25) is 5.15 Å². The van der Waals surface area contributed by atoms with E-state index in [0.29, 0.717) is 18.3 Å². The fourth-order valence-corrected chi connectivity index (χ4v) is 2.66. The number of ether oxygens (including phenoxy) is 1. The second-order valence-corrected chi connectivity index (χ2v) is 6.20. The van der Waals surface area contributed by atoms with Gasteiger partial charge < -0.3 is 10.1 Å². The van der Waals surface area contributed by atoms with Gasteiger partial charge >= 0.3 is 0 Å². The maximum atomic E-state index is 14.6. The van der Waals surface area contributed by atoms with E-state index in [4.69, 9.17) is 16.3 Å². The minimum absolute atomic E-state index is 0.00442. The van der Waals surface area contributed by atoms with E-state index in [1.54, 1.807) is 0 Å². The summed E-state index contributed by atoms with van der Waals surface area (Å²) in [6.45, 7) is 4.60. The molecule has 1 aromatic carbocycles. The molecule has 2 heterocycles. The lowest BCUT2D eigenvalue weighted by atomic mass is 10.1. The predicted octanol–water partition coefficient (Wildman–Crippen LogP) is 3.80. The van der Waals surface area contributed by atoms with Crippen molar-refractivity contribution in [2.45, 2.75) is 13.8 Å². The summed E-state index contributed by atoms with van der Waals surface area (Å²) in [7, 11) is 1.27.